The van der Waals surface area contributed by atoms with E-state index in [4.69, 9.17) is 14.7 Å². The first-order valence-corrected chi connectivity index (χ1v) is 5.23. The molecule has 0 aromatic carbocycles. The Hall–Kier alpha value is -1.99. The van der Waals surface area contributed by atoms with Crippen molar-refractivity contribution in [1.29, 1.82) is 0 Å². The van der Waals surface area contributed by atoms with E-state index in [0.717, 1.165) is 0 Å². The van der Waals surface area contributed by atoms with Crippen molar-refractivity contribution in [2.45, 2.75) is 13.5 Å². The third-order valence-corrected chi connectivity index (χ3v) is 2.01. The Morgan fingerprint density at radius 3 is 2.78 bits per heavy atom. The molecule has 0 radical (unpaired) electrons. The fraction of sp³-hybridized carbons (Fsp3) is 0.364. The first-order chi connectivity index (χ1) is 8.60. The third kappa shape index (κ3) is 3.51. The highest BCUT2D eigenvalue weighted by molar-refractivity contribution is 6.02. The minimum absolute atomic E-state index is 0.193. The monoisotopic (exact) mass is 254 g/mol. The number of hydroxylamine groups is 1. The number of amides is 1. The largest absolute Gasteiger partial charge is 0.478 e. The molecule has 1 heterocycles. The number of nitrogens with one attached hydrogen (secondary N) is 1. The van der Waals surface area contributed by atoms with Gasteiger partial charge < -0.3 is 9.84 Å². The van der Waals surface area contributed by atoms with Gasteiger partial charge in [-0.05, 0) is 18.6 Å². The number of carbonyl (C=O) groups is 2. The average Bonchev–Trinajstić information content (AvgIpc) is 2.36. The van der Waals surface area contributed by atoms with Gasteiger partial charge in [0.15, 0.2) is 0 Å². The van der Waals surface area contributed by atoms with E-state index in [1.54, 1.807) is 6.92 Å². The number of methoxy groups -OCH3 is 1. The van der Waals surface area contributed by atoms with Gasteiger partial charge in [0.2, 0.25) is 0 Å². The number of aromatic carboxylic acids is 1. The van der Waals surface area contributed by atoms with Gasteiger partial charge in [-0.15, -0.1) is 0 Å². The minimum Gasteiger partial charge on any atom is -0.478 e. The van der Waals surface area contributed by atoms with E-state index < -0.39 is 11.9 Å². The number of aromatic nitrogens is 1. The molecule has 1 aromatic heterocycles. The number of ether oxygens (including phenoxy) is 1. The van der Waals surface area contributed by atoms with Crippen LogP contribution in [0.25, 0.3) is 0 Å². The van der Waals surface area contributed by atoms with Crippen LogP contribution in [0.4, 0.5) is 0 Å². The molecule has 0 aliphatic carbocycles. The van der Waals surface area contributed by atoms with Crippen LogP contribution in [-0.4, -0.2) is 35.7 Å². The third-order valence-electron chi connectivity index (χ3n) is 2.01. The second-order valence-corrected chi connectivity index (χ2v) is 3.34. The Morgan fingerprint density at radius 2 is 2.22 bits per heavy atom. The van der Waals surface area contributed by atoms with Crippen LogP contribution in [0.3, 0.4) is 0 Å². The van der Waals surface area contributed by atoms with Gasteiger partial charge in [-0.1, -0.05) is 0 Å². The summed E-state index contributed by atoms with van der Waals surface area (Å²) in [5.41, 5.74) is 2.28. The van der Waals surface area contributed by atoms with Gasteiger partial charge in [0.25, 0.3) is 5.91 Å². The molecular formula is C11H14N2O5. The second kappa shape index (κ2) is 6.67. The molecule has 0 aliphatic heterocycles. The Kier molecular flexibility index (Phi) is 5.22. The van der Waals surface area contributed by atoms with E-state index >= 15 is 0 Å². The van der Waals surface area contributed by atoms with Crippen molar-refractivity contribution in [2.75, 3.05) is 13.7 Å². The summed E-state index contributed by atoms with van der Waals surface area (Å²) in [5, 5.41) is 9.03. The lowest BCUT2D eigenvalue weighted by atomic mass is 10.1. The number of carboxylic acids is 1. The zero-order chi connectivity index (χ0) is 13.5. The van der Waals surface area contributed by atoms with E-state index in [1.807, 2.05) is 0 Å². The summed E-state index contributed by atoms with van der Waals surface area (Å²) in [6.07, 6.45) is 1.39. The molecule has 0 saturated carbocycles. The molecule has 2 N–H and O–H groups in total. The van der Waals surface area contributed by atoms with Crippen molar-refractivity contribution in [2.24, 2.45) is 0 Å². The topological polar surface area (TPSA) is 97.8 Å². The van der Waals surface area contributed by atoms with Crippen LogP contribution < -0.4 is 5.48 Å². The van der Waals surface area contributed by atoms with Crippen LogP contribution >= 0.6 is 0 Å². The van der Waals surface area contributed by atoms with Gasteiger partial charge in [0, 0.05) is 13.3 Å². The van der Waals surface area contributed by atoms with Gasteiger partial charge in [-0.2, -0.15) is 0 Å². The van der Waals surface area contributed by atoms with E-state index in [1.165, 1.54) is 19.4 Å². The number of hydrogen-bond donors (Lipinski definition) is 2. The van der Waals surface area contributed by atoms with Crippen LogP contribution in [0.15, 0.2) is 12.3 Å². The zero-order valence-corrected chi connectivity index (χ0v) is 10.1. The molecule has 1 rings (SSSR count). The van der Waals surface area contributed by atoms with Crippen LogP contribution in [0.5, 0.6) is 0 Å². The molecule has 18 heavy (non-hydrogen) atoms. The minimum atomic E-state index is -1.23. The van der Waals surface area contributed by atoms with Crippen molar-refractivity contribution in [3.8, 4) is 0 Å². The lowest BCUT2D eigenvalue weighted by Gasteiger charge is -2.07. The second-order valence-electron chi connectivity index (χ2n) is 3.34. The zero-order valence-electron chi connectivity index (χ0n) is 10.1. The summed E-state index contributed by atoms with van der Waals surface area (Å²) in [4.78, 5) is 31.2. The van der Waals surface area contributed by atoms with E-state index in [2.05, 4.69) is 10.5 Å². The Bertz CT molecular complexity index is 447. The SMILES string of the molecule is CCONC(=O)c1ncc(COC)cc1C(=O)O. The first-order valence-electron chi connectivity index (χ1n) is 5.23. The first kappa shape index (κ1) is 14.1. The molecule has 0 spiro atoms. The molecule has 1 aromatic rings. The lowest BCUT2D eigenvalue weighted by Crippen LogP contribution is -2.27. The molecule has 7 nitrogen and oxygen atoms in total. The number of nitrogens with zero attached hydrogens (tertiary/aromatic N) is 1. The number of carboxylic acid groups (broad SMARTS) is 1. The molecule has 0 atom stereocenters. The Balaban J connectivity index is 3.03. The lowest BCUT2D eigenvalue weighted by molar-refractivity contribution is 0.0356. The van der Waals surface area contributed by atoms with Crippen molar-refractivity contribution in [3.05, 3.63) is 29.1 Å². The summed E-state index contributed by atoms with van der Waals surface area (Å²) in [6.45, 7) is 2.18. The van der Waals surface area contributed by atoms with E-state index in [9.17, 15) is 9.59 Å². The van der Waals surface area contributed by atoms with E-state index in [0.29, 0.717) is 5.56 Å². The van der Waals surface area contributed by atoms with Crippen LogP contribution in [-0.2, 0) is 16.2 Å². The van der Waals surface area contributed by atoms with Gasteiger partial charge in [-0.3, -0.25) is 9.63 Å². The molecule has 0 fully saturated rings. The number of rotatable bonds is 6. The van der Waals surface area contributed by atoms with Gasteiger partial charge in [0.05, 0.1) is 18.8 Å². The van der Waals surface area contributed by atoms with Crippen molar-refractivity contribution >= 4 is 11.9 Å². The average molecular weight is 254 g/mol. The predicted molar refractivity (Wildman–Crippen MR) is 61.0 cm³/mol. The molecular weight excluding hydrogens is 240 g/mol. The quantitative estimate of drug-likeness (QED) is 0.722. The normalized spacial score (nSPS) is 10.1. The van der Waals surface area contributed by atoms with Gasteiger partial charge >= 0.3 is 5.97 Å². The van der Waals surface area contributed by atoms with Crippen LogP contribution in [0, 0.1) is 0 Å². The maximum atomic E-state index is 11.6. The Morgan fingerprint density at radius 1 is 1.50 bits per heavy atom. The van der Waals surface area contributed by atoms with Crippen molar-refractivity contribution < 1.29 is 24.3 Å². The molecule has 98 valence electrons. The molecule has 1 amide bonds. The van der Waals surface area contributed by atoms with Gasteiger partial charge in [-0.25, -0.2) is 15.3 Å². The highest BCUT2D eigenvalue weighted by Crippen LogP contribution is 2.10. The fourth-order valence-electron chi connectivity index (χ4n) is 1.28. The molecule has 0 bridgehead atoms. The Labute approximate surface area is 104 Å². The van der Waals surface area contributed by atoms with E-state index in [-0.39, 0.29) is 24.5 Å². The van der Waals surface area contributed by atoms with Crippen LogP contribution in [0.2, 0.25) is 0 Å². The summed E-state index contributed by atoms with van der Waals surface area (Å²) in [5.74, 6) is -1.93. The van der Waals surface area contributed by atoms with Gasteiger partial charge in [0.1, 0.15) is 5.69 Å². The summed E-state index contributed by atoms with van der Waals surface area (Å²) >= 11 is 0. The maximum absolute atomic E-state index is 11.6. The van der Waals surface area contributed by atoms with Crippen LogP contribution in [0.1, 0.15) is 33.3 Å². The van der Waals surface area contributed by atoms with Crippen molar-refractivity contribution in [3.63, 3.8) is 0 Å². The standard InChI is InChI=1S/C11H14N2O5/c1-3-18-13-10(14)9-8(11(15)16)4-7(5-12-9)6-17-2/h4-5H,3,6H2,1-2H3,(H,13,14)(H,15,16). The number of pyridine rings is 1. The predicted octanol–water partition coefficient (Wildman–Crippen LogP) is 0.607. The highest BCUT2D eigenvalue weighted by Gasteiger charge is 2.19. The number of hydrogen-bond acceptors (Lipinski definition) is 5. The highest BCUT2D eigenvalue weighted by atomic mass is 16.6. The van der Waals surface area contributed by atoms with Crippen molar-refractivity contribution in [1.82, 2.24) is 10.5 Å². The molecule has 0 aliphatic rings. The summed E-state index contributed by atoms with van der Waals surface area (Å²) in [7, 11) is 1.48. The molecule has 0 saturated heterocycles. The summed E-state index contributed by atoms with van der Waals surface area (Å²) in [6, 6.07) is 1.35. The summed E-state index contributed by atoms with van der Waals surface area (Å²) < 4.78 is 4.87. The molecule has 0 unspecified atom stereocenters. The smallest absolute Gasteiger partial charge is 0.338 e. The number of carbonyl (C=O) groups excluding carboxylic acids is 1. The molecule has 7 heteroatoms. The fourth-order valence-corrected chi connectivity index (χ4v) is 1.28. The maximum Gasteiger partial charge on any atom is 0.338 e.